The van der Waals surface area contributed by atoms with Crippen LogP contribution in [0.4, 0.5) is 5.82 Å². The van der Waals surface area contributed by atoms with Gasteiger partial charge in [-0.2, -0.15) is 0 Å². The van der Waals surface area contributed by atoms with Gasteiger partial charge in [0.15, 0.2) is 23.2 Å². The number of carbonyl (C=O) groups is 1. The van der Waals surface area contributed by atoms with Gasteiger partial charge in [0.25, 0.3) is 5.91 Å². The van der Waals surface area contributed by atoms with Crippen LogP contribution in [0.5, 0.6) is 11.5 Å². The van der Waals surface area contributed by atoms with Crippen molar-refractivity contribution in [3.8, 4) is 11.5 Å². The highest BCUT2D eigenvalue weighted by Gasteiger charge is 2.40. The molecule has 3 unspecified atom stereocenters. The maximum Gasteiger partial charge on any atom is 0.256 e. The molecule has 2 heterocycles. The van der Waals surface area contributed by atoms with Crippen LogP contribution in [0.15, 0.2) is 122 Å². The highest BCUT2D eigenvalue weighted by molar-refractivity contribution is 6.06. The number of aromatic nitrogens is 4. The number of anilines is 1. The summed E-state index contributed by atoms with van der Waals surface area (Å²) >= 11 is 0. The monoisotopic (exact) mass is 789 g/mol. The minimum absolute atomic E-state index is 0.151. The highest BCUT2D eigenvalue weighted by atomic mass is 16.5. The Hall–Kier alpha value is -5.66. The predicted octanol–water partition coefficient (Wildman–Crippen LogP) is 8.05. The first kappa shape index (κ1) is 43.5. The molecule has 12 heteroatoms. The van der Waals surface area contributed by atoms with E-state index in [0.717, 1.165) is 22.6 Å². The second kappa shape index (κ2) is 19.7. The second-order valence-electron chi connectivity index (χ2n) is 15.5. The number of imidazole rings is 1. The van der Waals surface area contributed by atoms with Crippen molar-refractivity contribution in [2.75, 3.05) is 33.3 Å². The van der Waals surface area contributed by atoms with Crippen molar-refractivity contribution in [1.29, 1.82) is 0 Å². The fourth-order valence-corrected chi connectivity index (χ4v) is 7.08. The van der Waals surface area contributed by atoms with Crippen LogP contribution in [-0.2, 0) is 15.1 Å². The molecule has 0 fully saturated rings. The lowest BCUT2D eigenvalue weighted by Crippen LogP contribution is -2.43. The summed E-state index contributed by atoms with van der Waals surface area (Å²) in [5.41, 5.74) is 2.62. The van der Waals surface area contributed by atoms with Crippen molar-refractivity contribution in [3.05, 3.63) is 144 Å². The molecule has 306 valence electrons. The molecule has 12 nitrogen and oxygen atoms in total. The third-order valence-electron chi connectivity index (χ3n) is 9.56. The first-order valence-electron chi connectivity index (χ1n) is 19.2. The molecule has 1 amide bonds. The number of hydrogen-bond acceptors (Lipinski definition) is 10. The van der Waals surface area contributed by atoms with Gasteiger partial charge in [0, 0.05) is 12.7 Å². The first-order valence-corrected chi connectivity index (χ1v) is 19.2. The fourth-order valence-electron chi connectivity index (χ4n) is 7.08. The van der Waals surface area contributed by atoms with Crippen molar-refractivity contribution in [3.63, 3.8) is 0 Å². The quantitative estimate of drug-likeness (QED) is 0.0873. The molecular weight excluding hydrogens is 735 g/mol. The van der Waals surface area contributed by atoms with Crippen LogP contribution >= 0.6 is 0 Å². The molecule has 0 saturated carbocycles. The van der Waals surface area contributed by atoms with Gasteiger partial charge in [-0.25, -0.2) is 15.0 Å². The fraction of sp³-hybridized carbons (Fsp3) is 0.348. The largest absolute Gasteiger partial charge is 0.497 e. The zero-order chi connectivity index (χ0) is 41.9. The summed E-state index contributed by atoms with van der Waals surface area (Å²) in [6, 6.07) is 33.5. The Labute approximate surface area is 340 Å². The van der Waals surface area contributed by atoms with Crippen molar-refractivity contribution >= 4 is 22.9 Å². The minimum Gasteiger partial charge on any atom is -0.497 e. The number of aliphatic hydroxyl groups excluding tert-OH is 2. The van der Waals surface area contributed by atoms with E-state index >= 15 is 0 Å². The lowest BCUT2D eigenvalue weighted by atomic mass is 9.80. The van der Waals surface area contributed by atoms with Gasteiger partial charge in [-0.15, -0.1) is 0 Å². The third-order valence-corrected chi connectivity index (χ3v) is 9.56. The van der Waals surface area contributed by atoms with E-state index in [-0.39, 0.29) is 29.5 Å². The van der Waals surface area contributed by atoms with Crippen LogP contribution in [0.25, 0.3) is 11.2 Å². The number of rotatable bonds is 15. The van der Waals surface area contributed by atoms with Crippen LogP contribution < -0.4 is 14.8 Å². The van der Waals surface area contributed by atoms with Gasteiger partial charge in [0.05, 0.1) is 27.2 Å². The van der Waals surface area contributed by atoms with E-state index in [0.29, 0.717) is 22.5 Å². The van der Waals surface area contributed by atoms with Crippen LogP contribution in [-0.4, -0.2) is 75.8 Å². The van der Waals surface area contributed by atoms with Gasteiger partial charge in [-0.3, -0.25) is 9.36 Å². The van der Waals surface area contributed by atoms with E-state index < -0.39 is 24.0 Å². The molecule has 4 aromatic carbocycles. The molecule has 6 aromatic rings. The van der Waals surface area contributed by atoms with Crippen LogP contribution in [0.3, 0.4) is 0 Å². The molecule has 0 aliphatic carbocycles. The average Bonchev–Trinajstić information content (AvgIpc) is 3.67. The Bertz CT molecular complexity index is 2120. The summed E-state index contributed by atoms with van der Waals surface area (Å²) in [6.07, 6.45) is -0.199. The van der Waals surface area contributed by atoms with Crippen molar-refractivity contribution in [1.82, 2.24) is 19.5 Å². The van der Waals surface area contributed by atoms with Gasteiger partial charge in [-0.05, 0) is 70.8 Å². The summed E-state index contributed by atoms with van der Waals surface area (Å²) in [7, 11) is 4.64. The summed E-state index contributed by atoms with van der Waals surface area (Å²) in [5.74, 6) is 1.97. The summed E-state index contributed by atoms with van der Waals surface area (Å²) in [4.78, 5) is 25.6. The molecule has 0 aliphatic heterocycles. The first-order chi connectivity index (χ1) is 27.8. The molecule has 0 spiro atoms. The van der Waals surface area contributed by atoms with E-state index in [4.69, 9.17) is 18.9 Å². The topological polar surface area (TPSA) is 150 Å². The number of amides is 1. The van der Waals surface area contributed by atoms with Gasteiger partial charge in [0.2, 0.25) is 0 Å². The van der Waals surface area contributed by atoms with Gasteiger partial charge < -0.3 is 34.5 Å². The highest BCUT2D eigenvalue weighted by Crippen LogP contribution is 2.42. The van der Waals surface area contributed by atoms with Crippen LogP contribution in [0.1, 0.15) is 74.3 Å². The number of fused-ring (bicyclic) bond motifs is 1. The van der Waals surface area contributed by atoms with E-state index in [1.54, 1.807) is 38.5 Å². The Morgan fingerprint density at radius 2 is 1.28 bits per heavy atom. The number of aliphatic hydroxyl groups is 2. The molecule has 0 bridgehead atoms. The number of methoxy groups -OCH3 is 3. The smallest absolute Gasteiger partial charge is 0.256 e. The number of hydrogen-bond donors (Lipinski definition) is 3. The molecule has 58 heavy (non-hydrogen) atoms. The van der Waals surface area contributed by atoms with E-state index in [9.17, 15) is 15.0 Å². The van der Waals surface area contributed by atoms with Crippen molar-refractivity contribution < 1.29 is 34.0 Å². The molecule has 6 rings (SSSR count). The zero-order valence-corrected chi connectivity index (χ0v) is 34.5. The number of benzene rings is 4. The summed E-state index contributed by atoms with van der Waals surface area (Å²) in [5, 5.41) is 25.8. The molecule has 3 N–H and O–H groups in total. The second-order valence-corrected chi connectivity index (χ2v) is 15.5. The Balaban J connectivity index is 0.000000725. The average molecular weight is 790 g/mol. The van der Waals surface area contributed by atoms with Gasteiger partial charge in [-0.1, -0.05) is 107 Å². The molecule has 3 atom stereocenters. The van der Waals surface area contributed by atoms with E-state index in [1.165, 1.54) is 30.8 Å². The van der Waals surface area contributed by atoms with E-state index in [1.807, 2.05) is 84.9 Å². The van der Waals surface area contributed by atoms with Crippen molar-refractivity contribution in [2.45, 2.75) is 65.1 Å². The Morgan fingerprint density at radius 1 is 0.741 bits per heavy atom. The van der Waals surface area contributed by atoms with Gasteiger partial charge in [0.1, 0.15) is 35.6 Å². The Morgan fingerprint density at radius 3 is 1.76 bits per heavy atom. The summed E-state index contributed by atoms with van der Waals surface area (Å²) in [6.45, 7) is 11.2. The predicted molar refractivity (Wildman–Crippen MR) is 225 cm³/mol. The van der Waals surface area contributed by atoms with Crippen LogP contribution in [0, 0.1) is 11.3 Å². The van der Waals surface area contributed by atoms with Crippen LogP contribution in [0.2, 0.25) is 0 Å². The maximum atomic E-state index is 12.8. The third kappa shape index (κ3) is 10.4. The maximum absolute atomic E-state index is 12.8. The molecule has 0 aliphatic rings. The molecule has 0 radical (unpaired) electrons. The van der Waals surface area contributed by atoms with Gasteiger partial charge >= 0.3 is 0 Å². The normalized spacial score (nSPS) is 13.3. The molecular formula is C46H55N5O7. The number of nitrogens with zero attached hydrogens (tertiary/aromatic N) is 4. The van der Waals surface area contributed by atoms with Crippen molar-refractivity contribution in [2.24, 2.45) is 11.3 Å². The SMILES string of the molecule is CC(C)CC(C)(C)C.COc1ccc(C(OCC(OC)C(O)C(O)n2cnc3c(NC(=O)c4ccccc4)ncnc32)(c2ccccc2)c2ccc(OC)cc2)cc1. The number of carbonyl (C=O) groups excluding carboxylic acids is 1. The lowest BCUT2D eigenvalue weighted by molar-refractivity contribution is -0.139. The Kier molecular flexibility index (Phi) is 14.7. The number of ether oxygens (including phenoxy) is 4. The molecule has 2 aromatic heterocycles. The lowest BCUT2D eigenvalue weighted by Gasteiger charge is -2.38. The molecule has 0 saturated heterocycles. The zero-order valence-electron chi connectivity index (χ0n) is 34.5. The number of nitrogens with one attached hydrogen (secondary N) is 1. The minimum atomic E-state index is -1.56. The standard InChI is InChI=1S/C38H37N5O7.C8H18/c1-47-29-18-14-27(15-19-29)38(26-12-8-5-9-13-26,28-16-20-30(48-2)21-17-28)50-22-31(49-3)33(44)37(46)43-24-41-32-34(39-23-40-35(32)43)42-36(45)25-10-6-4-7-11-25;1-7(2)6-8(3,4)5/h4-21,23-24,31,33,37,44,46H,22H2,1-3H3,(H,39,40,42,45);7H,6H2,1-5H3. The van der Waals surface area contributed by atoms with E-state index in [2.05, 4.69) is 54.9 Å². The summed E-state index contributed by atoms with van der Waals surface area (Å²) < 4.78 is 24.8.